The number of hydrogen-bond donors (Lipinski definition) is 1. The van der Waals surface area contributed by atoms with E-state index < -0.39 is 0 Å². The molecule has 1 aromatic heterocycles. The molecule has 3 heteroatoms. The highest BCUT2D eigenvalue weighted by Gasteiger charge is 2.11. The second-order valence-electron chi connectivity index (χ2n) is 5.78. The van der Waals surface area contributed by atoms with E-state index in [1.807, 2.05) is 11.3 Å². The maximum Gasteiger partial charge on any atom is 0.0327 e. The summed E-state index contributed by atoms with van der Waals surface area (Å²) in [5.41, 5.74) is 0. The lowest BCUT2D eigenvalue weighted by atomic mass is 10.1. The fourth-order valence-electron chi connectivity index (χ4n) is 2.37. The Morgan fingerprint density at radius 3 is 2.37 bits per heavy atom. The van der Waals surface area contributed by atoms with Crippen LogP contribution in [0.15, 0.2) is 12.1 Å². The highest BCUT2D eigenvalue weighted by molar-refractivity contribution is 7.11. The van der Waals surface area contributed by atoms with Gasteiger partial charge in [0, 0.05) is 28.9 Å². The molecule has 1 N–H and O–H groups in total. The van der Waals surface area contributed by atoms with Gasteiger partial charge in [-0.1, -0.05) is 27.7 Å². The van der Waals surface area contributed by atoms with Crippen molar-refractivity contribution >= 4 is 11.3 Å². The molecule has 0 aliphatic heterocycles. The molecular weight excluding hydrogens is 252 g/mol. The molecule has 110 valence electrons. The second kappa shape index (κ2) is 8.72. The van der Waals surface area contributed by atoms with Crippen LogP contribution in [0.25, 0.3) is 0 Å². The van der Waals surface area contributed by atoms with Gasteiger partial charge in [-0.25, -0.2) is 0 Å². The summed E-state index contributed by atoms with van der Waals surface area (Å²) >= 11 is 1.95. The Labute approximate surface area is 123 Å². The maximum absolute atomic E-state index is 3.51. The van der Waals surface area contributed by atoms with Crippen LogP contribution in [0.3, 0.4) is 0 Å². The van der Waals surface area contributed by atoms with E-state index in [9.17, 15) is 0 Å². The smallest absolute Gasteiger partial charge is 0.0327 e. The molecule has 0 aromatic carbocycles. The number of hydrogen-bond acceptors (Lipinski definition) is 3. The van der Waals surface area contributed by atoms with E-state index in [0.717, 1.165) is 25.6 Å². The molecule has 1 rings (SSSR count). The lowest BCUT2D eigenvalue weighted by Crippen LogP contribution is -2.29. The van der Waals surface area contributed by atoms with Crippen molar-refractivity contribution in [2.75, 3.05) is 13.6 Å². The first kappa shape index (κ1) is 16.7. The molecule has 0 saturated heterocycles. The molecule has 0 radical (unpaired) electrons. The van der Waals surface area contributed by atoms with Crippen molar-refractivity contribution in [2.24, 2.45) is 5.92 Å². The minimum atomic E-state index is 0.713. The fraction of sp³-hybridized carbons (Fsp3) is 0.750. The van der Waals surface area contributed by atoms with Crippen molar-refractivity contribution in [3.8, 4) is 0 Å². The van der Waals surface area contributed by atoms with Gasteiger partial charge in [-0.3, -0.25) is 4.90 Å². The van der Waals surface area contributed by atoms with Gasteiger partial charge in [0.05, 0.1) is 0 Å². The summed E-state index contributed by atoms with van der Waals surface area (Å²) < 4.78 is 0. The van der Waals surface area contributed by atoms with E-state index in [1.165, 1.54) is 22.6 Å². The van der Waals surface area contributed by atoms with Crippen LogP contribution in [0.2, 0.25) is 0 Å². The Hall–Kier alpha value is -0.380. The summed E-state index contributed by atoms with van der Waals surface area (Å²) in [5, 5.41) is 3.51. The molecular formula is C16H30N2S. The van der Waals surface area contributed by atoms with Gasteiger partial charge in [0.2, 0.25) is 0 Å². The van der Waals surface area contributed by atoms with Gasteiger partial charge in [0.25, 0.3) is 0 Å². The number of nitrogens with one attached hydrogen (secondary N) is 1. The van der Waals surface area contributed by atoms with Crippen LogP contribution in [0, 0.1) is 5.92 Å². The molecule has 2 nitrogen and oxygen atoms in total. The summed E-state index contributed by atoms with van der Waals surface area (Å²) in [5.74, 6) is 0.723. The lowest BCUT2D eigenvalue weighted by molar-refractivity contribution is 0.223. The average molecular weight is 282 g/mol. The normalized spacial score (nSPS) is 12.0. The van der Waals surface area contributed by atoms with Crippen LogP contribution in [0.5, 0.6) is 0 Å². The topological polar surface area (TPSA) is 15.3 Å². The maximum atomic E-state index is 3.51. The molecule has 0 atom stereocenters. The molecule has 0 aliphatic carbocycles. The lowest BCUT2D eigenvalue weighted by Gasteiger charge is -2.25. The minimum Gasteiger partial charge on any atom is -0.312 e. The average Bonchev–Trinajstić information content (AvgIpc) is 2.78. The van der Waals surface area contributed by atoms with Crippen LogP contribution in [-0.2, 0) is 13.1 Å². The molecule has 1 aromatic rings. The standard InChI is InChI=1S/C16H30N2S/c1-6-14(7-2)18(5)12-16-9-8-15(19-16)11-17-10-13(3)4/h8-9,13-14,17H,6-7,10-12H2,1-5H3. The molecule has 19 heavy (non-hydrogen) atoms. The van der Waals surface area contributed by atoms with Gasteiger partial charge >= 0.3 is 0 Å². The van der Waals surface area contributed by atoms with Crippen molar-refractivity contribution < 1.29 is 0 Å². The van der Waals surface area contributed by atoms with E-state index in [1.54, 1.807) is 0 Å². The van der Waals surface area contributed by atoms with Gasteiger partial charge in [-0.2, -0.15) is 0 Å². The highest BCUT2D eigenvalue weighted by Crippen LogP contribution is 2.20. The first-order chi connectivity index (χ1) is 9.06. The highest BCUT2D eigenvalue weighted by atomic mass is 32.1. The summed E-state index contributed by atoms with van der Waals surface area (Å²) in [6.45, 7) is 12.2. The van der Waals surface area contributed by atoms with Gasteiger partial charge in [0.1, 0.15) is 0 Å². The van der Waals surface area contributed by atoms with E-state index in [-0.39, 0.29) is 0 Å². The van der Waals surface area contributed by atoms with Crippen LogP contribution < -0.4 is 5.32 Å². The predicted molar refractivity (Wildman–Crippen MR) is 86.7 cm³/mol. The van der Waals surface area contributed by atoms with Crippen LogP contribution in [-0.4, -0.2) is 24.5 Å². The van der Waals surface area contributed by atoms with Crippen LogP contribution in [0.4, 0.5) is 0 Å². The summed E-state index contributed by atoms with van der Waals surface area (Å²) in [7, 11) is 2.24. The van der Waals surface area contributed by atoms with Crippen molar-refractivity contribution in [3.63, 3.8) is 0 Å². The molecule has 0 amide bonds. The van der Waals surface area contributed by atoms with E-state index in [4.69, 9.17) is 0 Å². The molecule has 0 unspecified atom stereocenters. The third-order valence-electron chi connectivity index (χ3n) is 3.54. The molecule has 0 bridgehead atoms. The third kappa shape index (κ3) is 6.07. The van der Waals surface area contributed by atoms with Gasteiger partial charge in [-0.05, 0) is 44.5 Å². The molecule has 0 spiro atoms. The Morgan fingerprint density at radius 1 is 1.16 bits per heavy atom. The first-order valence-corrected chi connectivity index (χ1v) is 8.36. The zero-order valence-corrected chi connectivity index (χ0v) is 14.0. The largest absolute Gasteiger partial charge is 0.312 e. The molecule has 1 heterocycles. The fourth-order valence-corrected chi connectivity index (χ4v) is 3.42. The Bertz CT molecular complexity index is 342. The van der Waals surface area contributed by atoms with E-state index in [2.05, 4.69) is 57.1 Å². The third-order valence-corrected chi connectivity index (χ3v) is 4.61. The van der Waals surface area contributed by atoms with Crippen molar-refractivity contribution in [1.29, 1.82) is 0 Å². The summed E-state index contributed by atoms with van der Waals surface area (Å²) in [4.78, 5) is 5.42. The second-order valence-corrected chi connectivity index (χ2v) is 7.03. The van der Waals surface area contributed by atoms with Gasteiger partial charge in [-0.15, -0.1) is 11.3 Å². The zero-order chi connectivity index (χ0) is 14.3. The Kier molecular flexibility index (Phi) is 7.66. The summed E-state index contributed by atoms with van der Waals surface area (Å²) in [6, 6.07) is 5.27. The monoisotopic (exact) mass is 282 g/mol. The van der Waals surface area contributed by atoms with Crippen molar-refractivity contribution in [1.82, 2.24) is 10.2 Å². The molecule has 0 saturated carbocycles. The number of nitrogens with zero attached hydrogens (tertiary/aromatic N) is 1. The van der Waals surface area contributed by atoms with Crippen LogP contribution in [0.1, 0.15) is 50.3 Å². The van der Waals surface area contributed by atoms with E-state index >= 15 is 0 Å². The molecule has 0 aliphatic rings. The van der Waals surface area contributed by atoms with Gasteiger partial charge in [0.15, 0.2) is 0 Å². The van der Waals surface area contributed by atoms with Gasteiger partial charge < -0.3 is 5.32 Å². The zero-order valence-electron chi connectivity index (χ0n) is 13.2. The summed E-state index contributed by atoms with van der Waals surface area (Å²) in [6.07, 6.45) is 2.47. The number of thiophene rings is 1. The van der Waals surface area contributed by atoms with Crippen LogP contribution >= 0.6 is 11.3 Å². The quantitative estimate of drug-likeness (QED) is 0.733. The van der Waals surface area contributed by atoms with Crippen molar-refractivity contribution in [3.05, 3.63) is 21.9 Å². The Balaban J connectivity index is 2.41. The predicted octanol–water partition coefficient (Wildman–Crippen LogP) is 4.11. The molecule has 0 fully saturated rings. The SMILES string of the molecule is CCC(CC)N(C)Cc1ccc(CNCC(C)C)s1. The first-order valence-electron chi connectivity index (χ1n) is 7.55. The number of rotatable bonds is 9. The minimum absolute atomic E-state index is 0.713. The van der Waals surface area contributed by atoms with E-state index in [0.29, 0.717) is 6.04 Å². The Morgan fingerprint density at radius 2 is 1.79 bits per heavy atom. The van der Waals surface area contributed by atoms with Crippen molar-refractivity contribution in [2.45, 2.75) is 59.7 Å².